The molecule has 0 unspecified atom stereocenters. The van der Waals surface area contributed by atoms with Gasteiger partial charge in [-0.15, -0.1) is 0 Å². The van der Waals surface area contributed by atoms with Gasteiger partial charge < -0.3 is 20.4 Å². The van der Waals surface area contributed by atoms with Crippen molar-refractivity contribution in [1.29, 1.82) is 0 Å². The van der Waals surface area contributed by atoms with E-state index in [0.29, 0.717) is 11.6 Å². The topological polar surface area (TPSA) is 86.3 Å². The highest BCUT2D eigenvalue weighted by molar-refractivity contribution is 5.99. The maximum absolute atomic E-state index is 12.3. The van der Waals surface area contributed by atoms with Crippen LogP contribution in [0.2, 0.25) is 0 Å². The van der Waals surface area contributed by atoms with Gasteiger partial charge >= 0.3 is 6.03 Å². The molecule has 4 rings (SSSR count). The van der Waals surface area contributed by atoms with Gasteiger partial charge in [-0.1, -0.05) is 39.0 Å². The first-order valence-corrected chi connectivity index (χ1v) is 10.8. The van der Waals surface area contributed by atoms with Crippen LogP contribution >= 0.6 is 0 Å². The molecule has 1 fully saturated rings. The van der Waals surface area contributed by atoms with Gasteiger partial charge in [0.15, 0.2) is 0 Å². The van der Waals surface area contributed by atoms with E-state index in [0.717, 1.165) is 37.7 Å². The number of piperazine rings is 1. The number of carbonyl (C=O) groups is 1. The van der Waals surface area contributed by atoms with Crippen molar-refractivity contribution in [3.63, 3.8) is 0 Å². The van der Waals surface area contributed by atoms with Gasteiger partial charge in [0.1, 0.15) is 5.82 Å². The molecule has 0 saturated carbocycles. The monoisotopic (exact) mass is 431 g/mol. The number of hydrogen-bond donors (Lipinski definition) is 2. The fourth-order valence-corrected chi connectivity index (χ4v) is 3.57. The van der Waals surface area contributed by atoms with Crippen molar-refractivity contribution in [2.75, 3.05) is 46.6 Å². The molecule has 1 aromatic carbocycles. The molecule has 3 aromatic rings. The molecule has 1 aliphatic rings. The quantitative estimate of drug-likeness (QED) is 0.646. The Labute approximate surface area is 188 Å². The van der Waals surface area contributed by atoms with E-state index in [2.05, 4.69) is 56.2 Å². The van der Waals surface area contributed by atoms with Crippen LogP contribution in [0, 0.1) is 0 Å². The lowest BCUT2D eigenvalue weighted by Crippen LogP contribution is -2.47. The molecule has 0 aliphatic carbocycles. The number of pyridine rings is 1. The zero-order valence-electron chi connectivity index (χ0n) is 18.7. The molecule has 166 valence electrons. The lowest BCUT2D eigenvalue weighted by Gasteiger charge is -2.35. The normalized spacial score (nSPS) is 14.2. The van der Waals surface area contributed by atoms with Crippen molar-refractivity contribution in [2.24, 2.45) is 0 Å². The van der Waals surface area contributed by atoms with Crippen LogP contribution in [0.4, 0.5) is 27.9 Å². The highest BCUT2D eigenvalue weighted by Gasteiger charge is 2.20. The summed E-state index contributed by atoms with van der Waals surface area (Å²) >= 11 is 0. The second-order valence-corrected chi connectivity index (χ2v) is 8.84. The number of nitrogens with one attached hydrogen (secondary N) is 2. The molecule has 0 bridgehead atoms. The van der Waals surface area contributed by atoms with E-state index in [1.165, 1.54) is 5.56 Å². The summed E-state index contributed by atoms with van der Waals surface area (Å²) in [5, 5.41) is 5.62. The van der Waals surface area contributed by atoms with Gasteiger partial charge in [0.2, 0.25) is 5.95 Å². The molecule has 3 heterocycles. The first-order valence-electron chi connectivity index (χ1n) is 10.8. The van der Waals surface area contributed by atoms with Gasteiger partial charge in [0.25, 0.3) is 0 Å². The zero-order chi connectivity index (χ0) is 22.6. The molecule has 8 nitrogen and oxygen atoms in total. The lowest BCUT2D eigenvalue weighted by molar-refractivity contribution is 0.262. The van der Waals surface area contributed by atoms with Crippen LogP contribution in [-0.4, -0.2) is 47.2 Å². The third-order valence-corrected chi connectivity index (χ3v) is 5.44. The molecule has 8 heteroatoms. The summed E-state index contributed by atoms with van der Waals surface area (Å²) in [5.74, 6) is 1.65. The Balaban J connectivity index is 1.29. The molecule has 32 heavy (non-hydrogen) atoms. The molecule has 1 saturated heterocycles. The largest absolute Gasteiger partial charge is 0.353 e. The number of aromatic nitrogens is 3. The summed E-state index contributed by atoms with van der Waals surface area (Å²) in [6.07, 6.45) is 5.08. The van der Waals surface area contributed by atoms with Crippen molar-refractivity contribution in [1.82, 2.24) is 15.0 Å². The van der Waals surface area contributed by atoms with Gasteiger partial charge in [-0.05, 0) is 35.2 Å². The summed E-state index contributed by atoms with van der Waals surface area (Å²) in [7, 11) is 0. The maximum atomic E-state index is 12.3. The van der Waals surface area contributed by atoms with Gasteiger partial charge in [-0.3, -0.25) is 0 Å². The zero-order valence-corrected chi connectivity index (χ0v) is 18.7. The predicted molar refractivity (Wildman–Crippen MR) is 128 cm³/mol. The van der Waals surface area contributed by atoms with Crippen LogP contribution < -0.4 is 20.4 Å². The fraction of sp³-hybridized carbons (Fsp3) is 0.333. The first kappa shape index (κ1) is 21.5. The van der Waals surface area contributed by atoms with Crippen LogP contribution in [0.1, 0.15) is 26.3 Å². The molecule has 0 spiro atoms. The summed E-state index contributed by atoms with van der Waals surface area (Å²) in [5.41, 5.74) is 2.57. The Morgan fingerprint density at radius 1 is 0.812 bits per heavy atom. The first-order chi connectivity index (χ1) is 15.4. The van der Waals surface area contributed by atoms with Crippen LogP contribution in [0.25, 0.3) is 0 Å². The van der Waals surface area contributed by atoms with Crippen LogP contribution in [0.5, 0.6) is 0 Å². The fourth-order valence-electron chi connectivity index (χ4n) is 3.57. The number of benzene rings is 1. The van der Waals surface area contributed by atoms with Crippen LogP contribution in [-0.2, 0) is 5.41 Å². The second-order valence-electron chi connectivity index (χ2n) is 8.84. The Morgan fingerprint density at radius 2 is 1.44 bits per heavy atom. The molecule has 2 N–H and O–H groups in total. The Bertz CT molecular complexity index is 1020. The molecule has 0 radical (unpaired) electrons. The molecule has 2 aromatic heterocycles. The molecular weight excluding hydrogens is 402 g/mol. The van der Waals surface area contributed by atoms with Gasteiger partial charge in [0.05, 0.1) is 18.1 Å². The summed E-state index contributed by atoms with van der Waals surface area (Å²) in [4.78, 5) is 30.0. The molecule has 1 aliphatic heterocycles. The number of urea groups is 1. The summed E-state index contributed by atoms with van der Waals surface area (Å²) in [6.45, 7) is 9.82. The minimum absolute atomic E-state index is 0.0744. The van der Waals surface area contributed by atoms with Crippen LogP contribution in [0.15, 0.2) is 61.1 Å². The highest BCUT2D eigenvalue weighted by Crippen LogP contribution is 2.23. The molecule has 0 atom stereocenters. The van der Waals surface area contributed by atoms with E-state index in [1.54, 1.807) is 12.4 Å². The van der Waals surface area contributed by atoms with E-state index >= 15 is 0 Å². The maximum Gasteiger partial charge on any atom is 0.323 e. The lowest BCUT2D eigenvalue weighted by atomic mass is 9.87. The average Bonchev–Trinajstić information content (AvgIpc) is 2.80. The summed E-state index contributed by atoms with van der Waals surface area (Å²) < 4.78 is 0. The average molecular weight is 432 g/mol. The number of amides is 2. The van der Waals surface area contributed by atoms with E-state index in [4.69, 9.17) is 0 Å². The number of rotatable bonds is 4. The predicted octanol–water partition coefficient (Wildman–Crippen LogP) is 4.14. The Hall–Kier alpha value is -3.68. The number of nitrogens with zero attached hydrogens (tertiary/aromatic N) is 5. The van der Waals surface area contributed by atoms with Crippen molar-refractivity contribution in [3.8, 4) is 0 Å². The van der Waals surface area contributed by atoms with E-state index < -0.39 is 0 Å². The summed E-state index contributed by atoms with van der Waals surface area (Å²) in [6, 6.07) is 13.5. The minimum Gasteiger partial charge on any atom is -0.353 e. The van der Waals surface area contributed by atoms with Crippen LogP contribution in [0.3, 0.4) is 0 Å². The molecular formula is C24H29N7O. The number of hydrogen-bond acceptors (Lipinski definition) is 6. The van der Waals surface area contributed by atoms with Crippen molar-refractivity contribution < 1.29 is 4.79 Å². The van der Waals surface area contributed by atoms with E-state index in [9.17, 15) is 4.79 Å². The van der Waals surface area contributed by atoms with Gasteiger partial charge in [0, 0.05) is 38.1 Å². The Kier molecular flexibility index (Phi) is 6.20. The van der Waals surface area contributed by atoms with Crippen molar-refractivity contribution in [3.05, 3.63) is 66.6 Å². The van der Waals surface area contributed by atoms with Gasteiger partial charge in [-0.2, -0.15) is 0 Å². The number of carbonyl (C=O) groups excluding carboxylic acids is 1. The van der Waals surface area contributed by atoms with E-state index in [1.807, 2.05) is 48.7 Å². The third kappa shape index (κ3) is 5.32. The Morgan fingerprint density at radius 3 is 2.03 bits per heavy atom. The highest BCUT2D eigenvalue weighted by atomic mass is 16.2. The molecule has 2 amide bonds. The standard InChI is InChI=1S/C24H29N7O/c1-24(2,3)18-7-9-19(10-8-18)28-23(32)29-20-16-26-22(27-17-20)31-14-12-30(13-15-31)21-6-4-5-11-25-21/h4-11,16-17H,12-15H2,1-3H3,(H2,28,29,32). The second kappa shape index (κ2) is 9.21. The van der Waals surface area contributed by atoms with Crippen molar-refractivity contribution in [2.45, 2.75) is 26.2 Å². The van der Waals surface area contributed by atoms with Crippen molar-refractivity contribution >= 4 is 29.2 Å². The van der Waals surface area contributed by atoms with E-state index in [-0.39, 0.29) is 11.4 Å². The number of anilines is 4. The SMILES string of the molecule is CC(C)(C)c1ccc(NC(=O)Nc2cnc(N3CCN(c4ccccn4)CC3)nc2)cc1. The van der Waals surface area contributed by atoms with Gasteiger partial charge in [-0.25, -0.2) is 19.7 Å². The third-order valence-electron chi connectivity index (χ3n) is 5.44. The smallest absolute Gasteiger partial charge is 0.323 e. The minimum atomic E-state index is -0.325.